The molecule has 2 N–H and O–H groups in total. The van der Waals surface area contributed by atoms with Gasteiger partial charge in [0.2, 0.25) is 0 Å². The molecule has 0 aromatic heterocycles. The topological polar surface area (TPSA) is 127 Å². The van der Waals surface area contributed by atoms with Crippen LogP contribution in [0.2, 0.25) is 0 Å². The zero-order chi connectivity index (χ0) is 22.7. The van der Waals surface area contributed by atoms with Gasteiger partial charge >= 0.3 is 13.8 Å². The second-order valence-corrected chi connectivity index (χ2v) is 10.1. The Morgan fingerprint density at radius 3 is 2.27 bits per heavy atom. The summed E-state index contributed by atoms with van der Waals surface area (Å²) in [5.41, 5.74) is 0.748. The molecule has 0 atom stereocenters. The Balaban J connectivity index is 2.12. The summed E-state index contributed by atoms with van der Waals surface area (Å²) in [5.74, 6) is -1.67. The van der Waals surface area contributed by atoms with Crippen molar-refractivity contribution in [2.75, 3.05) is 6.26 Å². The number of rotatable bonds is 8. The fraction of sp³-hybridized carbons (Fsp3) is 0.316. The summed E-state index contributed by atoms with van der Waals surface area (Å²) in [6.45, 7) is 3.05. The lowest BCUT2D eigenvalue weighted by molar-refractivity contribution is -0.144. The predicted octanol–water partition coefficient (Wildman–Crippen LogP) is 3.11. The summed E-state index contributed by atoms with van der Waals surface area (Å²) in [4.78, 5) is 29.4. The number of hydrogen-bond donors (Lipinski definition) is 2. The molecule has 0 amide bonds. The number of phosphoric ester groups is 1. The number of carbonyl (C=O) groups is 1. The van der Waals surface area contributed by atoms with Gasteiger partial charge in [0.15, 0.2) is 9.84 Å². The smallest absolute Gasteiger partial charge is 0.460 e. The number of ether oxygens (including phenoxy) is 1. The molecule has 0 spiro atoms. The van der Waals surface area contributed by atoms with Gasteiger partial charge in [0.1, 0.15) is 18.2 Å². The van der Waals surface area contributed by atoms with Crippen molar-refractivity contribution in [3.63, 3.8) is 0 Å². The average molecular weight is 460 g/mol. The van der Waals surface area contributed by atoms with Crippen LogP contribution in [0.1, 0.15) is 36.5 Å². The normalized spacial score (nSPS) is 12.1. The van der Waals surface area contributed by atoms with Gasteiger partial charge in [0.05, 0.1) is 11.3 Å². The van der Waals surface area contributed by atoms with E-state index in [0.717, 1.165) is 6.26 Å². The van der Waals surface area contributed by atoms with Gasteiger partial charge in [0, 0.05) is 11.8 Å². The molecule has 2 rings (SSSR count). The van der Waals surface area contributed by atoms with E-state index in [0.29, 0.717) is 11.1 Å². The minimum atomic E-state index is -4.68. The Morgan fingerprint density at radius 1 is 1.17 bits per heavy atom. The van der Waals surface area contributed by atoms with E-state index in [1.807, 2.05) is 0 Å². The Labute approximate surface area is 173 Å². The van der Waals surface area contributed by atoms with Crippen LogP contribution in [0.4, 0.5) is 4.39 Å². The monoisotopic (exact) mass is 460 g/mol. The summed E-state index contributed by atoms with van der Waals surface area (Å²) in [7, 11) is -8.43. The summed E-state index contributed by atoms with van der Waals surface area (Å²) >= 11 is 0. The number of phosphoric acid groups is 1. The lowest BCUT2D eigenvalue weighted by Gasteiger charge is -2.14. The van der Waals surface area contributed by atoms with Crippen LogP contribution in [0.25, 0.3) is 0 Å². The second kappa shape index (κ2) is 9.26. The molecule has 0 saturated heterocycles. The number of sulfone groups is 1. The highest BCUT2D eigenvalue weighted by atomic mass is 32.2. The molecule has 11 heteroatoms. The van der Waals surface area contributed by atoms with E-state index in [2.05, 4.69) is 4.52 Å². The Kier molecular flexibility index (Phi) is 7.41. The molecule has 0 fully saturated rings. The standard InChI is InChI=1S/C19H22FO8PS/c1-12(2)14-9-17(20)16(18(10-14)30(3,25)26)11-27-19(21)8-13-4-6-15(7-5-13)28-29(22,23)24/h4-7,9-10,12H,8,11H2,1-3H3,(H2,22,23,24). The van der Waals surface area contributed by atoms with Gasteiger partial charge in [-0.15, -0.1) is 0 Å². The lowest BCUT2D eigenvalue weighted by Crippen LogP contribution is -2.13. The first-order valence-corrected chi connectivity index (χ1v) is 12.2. The molecule has 2 aromatic carbocycles. The molecule has 0 aliphatic heterocycles. The third-order valence-corrected chi connectivity index (χ3v) is 5.73. The van der Waals surface area contributed by atoms with E-state index >= 15 is 0 Å². The zero-order valence-electron chi connectivity index (χ0n) is 16.5. The van der Waals surface area contributed by atoms with Gasteiger partial charge in [-0.1, -0.05) is 26.0 Å². The minimum absolute atomic E-state index is 0.0782. The molecule has 2 aromatic rings. The molecule has 30 heavy (non-hydrogen) atoms. The number of carbonyl (C=O) groups excluding carboxylic acids is 1. The fourth-order valence-corrected chi connectivity index (χ4v) is 3.96. The van der Waals surface area contributed by atoms with Gasteiger partial charge in [-0.2, -0.15) is 0 Å². The van der Waals surface area contributed by atoms with Crippen LogP contribution in [0.5, 0.6) is 5.75 Å². The molecule has 0 heterocycles. The van der Waals surface area contributed by atoms with Crippen molar-refractivity contribution in [1.82, 2.24) is 0 Å². The predicted molar refractivity (Wildman–Crippen MR) is 106 cm³/mol. The van der Waals surface area contributed by atoms with E-state index < -0.39 is 36.1 Å². The molecule has 0 unspecified atom stereocenters. The highest BCUT2D eigenvalue weighted by Crippen LogP contribution is 2.37. The molecule has 164 valence electrons. The summed E-state index contributed by atoms with van der Waals surface area (Å²) in [6, 6.07) is 7.97. The van der Waals surface area contributed by atoms with Crippen LogP contribution < -0.4 is 4.52 Å². The van der Waals surface area contributed by atoms with E-state index in [-0.39, 0.29) is 28.5 Å². The number of benzene rings is 2. The van der Waals surface area contributed by atoms with Gasteiger partial charge < -0.3 is 9.26 Å². The van der Waals surface area contributed by atoms with E-state index in [9.17, 15) is 22.2 Å². The van der Waals surface area contributed by atoms with Crippen molar-refractivity contribution < 1.29 is 41.2 Å². The largest absolute Gasteiger partial charge is 0.524 e. The summed E-state index contributed by atoms with van der Waals surface area (Å²) < 4.78 is 58.9. The molecule has 0 bridgehead atoms. The highest BCUT2D eigenvalue weighted by Gasteiger charge is 2.21. The van der Waals surface area contributed by atoms with Gasteiger partial charge in [0.25, 0.3) is 0 Å². The van der Waals surface area contributed by atoms with Crippen molar-refractivity contribution in [3.05, 3.63) is 58.9 Å². The van der Waals surface area contributed by atoms with Crippen molar-refractivity contribution in [3.8, 4) is 5.75 Å². The zero-order valence-corrected chi connectivity index (χ0v) is 18.2. The van der Waals surface area contributed by atoms with Crippen LogP contribution in [0.3, 0.4) is 0 Å². The highest BCUT2D eigenvalue weighted by molar-refractivity contribution is 7.90. The van der Waals surface area contributed by atoms with Crippen molar-refractivity contribution >= 4 is 23.6 Å². The molecular formula is C19H22FO8PS. The van der Waals surface area contributed by atoms with Crippen LogP contribution in [0, 0.1) is 5.82 Å². The van der Waals surface area contributed by atoms with E-state index in [1.54, 1.807) is 13.8 Å². The summed E-state index contributed by atoms with van der Waals surface area (Å²) in [5, 5.41) is 0. The van der Waals surface area contributed by atoms with Crippen LogP contribution in [-0.2, 0) is 37.0 Å². The van der Waals surface area contributed by atoms with Gasteiger partial charge in [-0.25, -0.2) is 17.4 Å². The fourth-order valence-electron chi connectivity index (χ4n) is 2.61. The average Bonchev–Trinajstić information content (AvgIpc) is 2.59. The maximum atomic E-state index is 14.5. The Bertz CT molecular complexity index is 1070. The van der Waals surface area contributed by atoms with Gasteiger partial charge in [-0.05, 0) is 41.3 Å². The molecule has 0 radical (unpaired) electrons. The Morgan fingerprint density at radius 2 is 1.77 bits per heavy atom. The van der Waals surface area contributed by atoms with Crippen molar-refractivity contribution in [2.45, 2.75) is 37.7 Å². The van der Waals surface area contributed by atoms with E-state index in [1.165, 1.54) is 36.4 Å². The first-order valence-electron chi connectivity index (χ1n) is 8.78. The molecule has 8 nitrogen and oxygen atoms in total. The van der Waals surface area contributed by atoms with Crippen LogP contribution >= 0.6 is 7.82 Å². The third-order valence-electron chi connectivity index (χ3n) is 4.12. The lowest BCUT2D eigenvalue weighted by atomic mass is 10.0. The summed E-state index contributed by atoms with van der Waals surface area (Å²) in [6.07, 6.45) is 0.745. The number of esters is 1. The van der Waals surface area contributed by atoms with Gasteiger partial charge in [-0.3, -0.25) is 14.6 Å². The molecule has 0 saturated carbocycles. The first-order chi connectivity index (χ1) is 13.8. The number of hydrogen-bond acceptors (Lipinski definition) is 6. The molecule has 0 aliphatic carbocycles. The van der Waals surface area contributed by atoms with E-state index in [4.69, 9.17) is 14.5 Å². The Hall–Kier alpha value is -2.26. The van der Waals surface area contributed by atoms with Crippen molar-refractivity contribution in [1.29, 1.82) is 0 Å². The van der Waals surface area contributed by atoms with Crippen LogP contribution in [0.15, 0.2) is 41.3 Å². The second-order valence-electron chi connectivity index (χ2n) is 6.97. The number of halogens is 1. The van der Waals surface area contributed by atoms with Crippen molar-refractivity contribution in [2.24, 2.45) is 0 Å². The third kappa shape index (κ3) is 6.91. The quantitative estimate of drug-likeness (QED) is 0.454. The minimum Gasteiger partial charge on any atom is -0.460 e. The van der Waals surface area contributed by atoms with Crippen LogP contribution in [-0.4, -0.2) is 30.4 Å². The maximum Gasteiger partial charge on any atom is 0.524 e. The maximum absolute atomic E-state index is 14.5. The molecular weight excluding hydrogens is 438 g/mol. The SMILES string of the molecule is CC(C)c1cc(F)c(COC(=O)Cc2ccc(OP(=O)(O)O)cc2)c(S(C)(=O)=O)c1. The first kappa shape index (κ1) is 24.0. The molecule has 0 aliphatic rings.